The monoisotopic (exact) mass is 194 g/mol. The molecule has 2 rings (SSSR count). The van der Waals surface area contributed by atoms with Gasteiger partial charge in [0.2, 0.25) is 0 Å². The van der Waals surface area contributed by atoms with Crippen LogP contribution in [0.3, 0.4) is 0 Å². The molecule has 1 saturated heterocycles. The fourth-order valence-electron chi connectivity index (χ4n) is 1.94. The number of nitrogens with zero attached hydrogens (tertiary/aromatic N) is 2. The van der Waals surface area contributed by atoms with Crippen LogP contribution in [0, 0.1) is 0 Å². The lowest BCUT2D eigenvalue weighted by atomic mass is 10.1. The van der Waals surface area contributed by atoms with Crippen molar-refractivity contribution in [3.63, 3.8) is 0 Å². The molecule has 0 aromatic carbocycles. The van der Waals surface area contributed by atoms with E-state index in [4.69, 9.17) is 4.74 Å². The Morgan fingerprint density at radius 2 is 2.36 bits per heavy atom. The first kappa shape index (κ1) is 9.71. The average molecular weight is 194 g/mol. The topological polar surface area (TPSA) is 27.1 Å². The maximum atomic E-state index is 5.71. The molecule has 1 aromatic rings. The molecule has 1 atom stereocenters. The van der Waals surface area contributed by atoms with Gasteiger partial charge in [0.25, 0.3) is 0 Å². The Morgan fingerprint density at radius 1 is 1.50 bits per heavy atom. The number of hydrogen-bond acceptors (Lipinski definition) is 2. The maximum Gasteiger partial charge on any atom is 0.150 e. The smallest absolute Gasteiger partial charge is 0.150 e. The van der Waals surface area contributed by atoms with E-state index in [0.717, 1.165) is 13.0 Å². The van der Waals surface area contributed by atoms with E-state index in [1.807, 2.05) is 10.9 Å². The van der Waals surface area contributed by atoms with E-state index < -0.39 is 0 Å². The maximum absolute atomic E-state index is 5.71. The SMILES string of the molecule is CC(C)c1ccnn1C1CCCCO1. The molecular weight excluding hydrogens is 176 g/mol. The molecule has 1 aliphatic rings. The molecule has 0 radical (unpaired) electrons. The molecule has 78 valence electrons. The van der Waals surface area contributed by atoms with E-state index in [9.17, 15) is 0 Å². The third-order valence-electron chi connectivity index (χ3n) is 2.72. The van der Waals surface area contributed by atoms with Gasteiger partial charge in [-0.25, -0.2) is 4.68 Å². The van der Waals surface area contributed by atoms with E-state index in [1.165, 1.54) is 18.5 Å². The fourth-order valence-corrected chi connectivity index (χ4v) is 1.94. The van der Waals surface area contributed by atoms with Crippen molar-refractivity contribution in [2.24, 2.45) is 0 Å². The van der Waals surface area contributed by atoms with E-state index in [-0.39, 0.29) is 6.23 Å². The molecule has 1 fully saturated rings. The van der Waals surface area contributed by atoms with Gasteiger partial charge in [0.15, 0.2) is 0 Å². The highest BCUT2D eigenvalue weighted by molar-refractivity contribution is 5.06. The van der Waals surface area contributed by atoms with Crippen molar-refractivity contribution in [3.05, 3.63) is 18.0 Å². The van der Waals surface area contributed by atoms with Crippen LogP contribution in [0.15, 0.2) is 12.3 Å². The Labute approximate surface area is 85.1 Å². The Balaban J connectivity index is 2.17. The first-order valence-corrected chi connectivity index (χ1v) is 5.44. The fraction of sp³-hybridized carbons (Fsp3) is 0.727. The molecule has 0 spiro atoms. The summed E-state index contributed by atoms with van der Waals surface area (Å²) in [5.74, 6) is 0.517. The average Bonchev–Trinajstić information content (AvgIpc) is 2.67. The minimum atomic E-state index is 0.177. The van der Waals surface area contributed by atoms with Crippen molar-refractivity contribution in [2.45, 2.75) is 45.3 Å². The molecule has 1 aromatic heterocycles. The van der Waals surface area contributed by atoms with Crippen LogP contribution in [0.5, 0.6) is 0 Å². The van der Waals surface area contributed by atoms with Gasteiger partial charge in [-0.3, -0.25) is 0 Å². The van der Waals surface area contributed by atoms with Crippen molar-refractivity contribution in [3.8, 4) is 0 Å². The van der Waals surface area contributed by atoms with Crippen molar-refractivity contribution in [1.29, 1.82) is 0 Å². The molecule has 1 aliphatic heterocycles. The zero-order chi connectivity index (χ0) is 9.97. The van der Waals surface area contributed by atoms with Crippen LogP contribution < -0.4 is 0 Å². The number of rotatable bonds is 2. The van der Waals surface area contributed by atoms with Crippen molar-refractivity contribution in [2.75, 3.05) is 6.61 Å². The summed E-state index contributed by atoms with van der Waals surface area (Å²) >= 11 is 0. The second kappa shape index (κ2) is 4.13. The van der Waals surface area contributed by atoms with E-state index in [2.05, 4.69) is 25.0 Å². The van der Waals surface area contributed by atoms with Crippen LogP contribution in [-0.4, -0.2) is 16.4 Å². The minimum absolute atomic E-state index is 0.177. The second-order valence-corrected chi connectivity index (χ2v) is 4.18. The summed E-state index contributed by atoms with van der Waals surface area (Å²) in [5.41, 5.74) is 1.27. The molecule has 3 nitrogen and oxygen atoms in total. The highest BCUT2D eigenvalue weighted by Gasteiger charge is 2.19. The van der Waals surface area contributed by atoms with E-state index >= 15 is 0 Å². The first-order valence-electron chi connectivity index (χ1n) is 5.44. The van der Waals surface area contributed by atoms with Gasteiger partial charge in [-0.2, -0.15) is 5.10 Å². The highest BCUT2D eigenvalue weighted by atomic mass is 16.5. The Bertz CT molecular complexity index is 287. The first-order chi connectivity index (χ1) is 6.79. The summed E-state index contributed by atoms with van der Waals surface area (Å²) < 4.78 is 7.76. The summed E-state index contributed by atoms with van der Waals surface area (Å²) in [6.45, 7) is 5.26. The van der Waals surface area contributed by atoms with Gasteiger partial charge >= 0.3 is 0 Å². The zero-order valence-corrected chi connectivity index (χ0v) is 8.94. The lowest BCUT2D eigenvalue weighted by Gasteiger charge is -2.25. The zero-order valence-electron chi connectivity index (χ0n) is 8.94. The molecule has 1 unspecified atom stereocenters. The van der Waals surface area contributed by atoms with Crippen molar-refractivity contribution in [1.82, 2.24) is 9.78 Å². The molecule has 14 heavy (non-hydrogen) atoms. The Morgan fingerprint density at radius 3 is 3.00 bits per heavy atom. The highest BCUT2D eigenvalue weighted by Crippen LogP contribution is 2.25. The summed E-state index contributed by atoms with van der Waals surface area (Å²) in [4.78, 5) is 0. The minimum Gasteiger partial charge on any atom is -0.357 e. The third kappa shape index (κ3) is 1.82. The summed E-state index contributed by atoms with van der Waals surface area (Å²) in [6.07, 6.45) is 5.59. The molecule has 0 aliphatic carbocycles. The van der Waals surface area contributed by atoms with Gasteiger partial charge < -0.3 is 4.74 Å². The second-order valence-electron chi connectivity index (χ2n) is 4.18. The predicted molar refractivity (Wildman–Crippen MR) is 55.2 cm³/mol. The molecule has 0 amide bonds. The van der Waals surface area contributed by atoms with Crippen LogP contribution in [0.2, 0.25) is 0 Å². The molecule has 0 N–H and O–H groups in total. The molecule has 0 bridgehead atoms. The van der Waals surface area contributed by atoms with E-state index in [0.29, 0.717) is 5.92 Å². The number of hydrogen-bond donors (Lipinski definition) is 0. The molecule has 3 heteroatoms. The standard InChI is InChI=1S/C11H18N2O/c1-9(2)10-6-7-12-13(10)11-5-3-4-8-14-11/h6-7,9,11H,3-5,8H2,1-2H3. The number of ether oxygens (including phenoxy) is 1. The summed E-state index contributed by atoms with van der Waals surface area (Å²) in [7, 11) is 0. The van der Waals surface area contributed by atoms with Gasteiger partial charge in [0, 0.05) is 18.5 Å². The van der Waals surface area contributed by atoms with Gasteiger partial charge in [0.1, 0.15) is 6.23 Å². The van der Waals surface area contributed by atoms with Gasteiger partial charge in [-0.05, 0) is 31.2 Å². The van der Waals surface area contributed by atoms with Crippen molar-refractivity contribution >= 4 is 0 Å². The molecule has 2 heterocycles. The van der Waals surface area contributed by atoms with Crippen LogP contribution in [0.1, 0.15) is 50.9 Å². The normalized spacial score (nSPS) is 22.9. The lowest BCUT2D eigenvalue weighted by Crippen LogP contribution is -2.21. The molecular formula is C11H18N2O. The van der Waals surface area contributed by atoms with Crippen LogP contribution in [0.25, 0.3) is 0 Å². The lowest BCUT2D eigenvalue weighted by molar-refractivity contribution is -0.0414. The predicted octanol–water partition coefficient (Wildman–Crippen LogP) is 2.71. The van der Waals surface area contributed by atoms with Crippen LogP contribution in [-0.2, 0) is 4.74 Å². The van der Waals surface area contributed by atoms with Crippen LogP contribution in [0.4, 0.5) is 0 Å². The van der Waals surface area contributed by atoms with Gasteiger partial charge in [0.05, 0.1) is 0 Å². The van der Waals surface area contributed by atoms with E-state index in [1.54, 1.807) is 0 Å². The van der Waals surface area contributed by atoms with Gasteiger partial charge in [-0.15, -0.1) is 0 Å². The number of aromatic nitrogens is 2. The largest absolute Gasteiger partial charge is 0.357 e. The van der Waals surface area contributed by atoms with Gasteiger partial charge in [-0.1, -0.05) is 13.8 Å². The Kier molecular flexibility index (Phi) is 2.87. The van der Waals surface area contributed by atoms with Crippen LogP contribution >= 0.6 is 0 Å². The van der Waals surface area contributed by atoms with Crippen molar-refractivity contribution < 1.29 is 4.74 Å². The quantitative estimate of drug-likeness (QED) is 0.723. The summed E-state index contributed by atoms with van der Waals surface area (Å²) in [5, 5.41) is 4.35. The third-order valence-corrected chi connectivity index (χ3v) is 2.72. The Hall–Kier alpha value is -0.830. The molecule has 0 saturated carbocycles. The summed E-state index contributed by atoms with van der Waals surface area (Å²) in [6, 6.07) is 2.09.